The van der Waals surface area contributed by atoms with Crippen molar-refractivity contribution in [1.82, 2.24) is 20.3 Å². The molecular weight excluding hydrogens is 347 g/mol. The number of halogens is 1. The molecule has 8 heteroatoms. The Morgan fingerprint density at radius 3 is 2.37 bits per heavy atom. The molecule has 1 saturated heterocycles. The lowest BCUT2D eigenvalue weighted by molar-refractivity contribution is 0.329. The minimum Gasteiger partial charge on any atom is -0.355 e. The first kappa shape index (κ1) is 17.4. The molecule has 1 aromatic carbocycles. The summed E-state index contributed by atoms with van der Waals surface area (Å²) in [6, 6.07) is 10.1. The summed E-state index contributed by atoms with van der Waals surface area (Å²) in [5.41, 5.74) is 1.58. The van der Waals surface area contributed by atoms with Crippen molar-refractivity contribution >= 4 is 11.8 Å². The van der Waals surface area contributed by atoms with Gasteiger partial charge in [0.2, 0.25) is 5.89 Å². The van der Waals surface area contributed by atoms with Gasteiger partial charge in [-0.05, 0) is 54.4 Å². The van der Waals surface area contributed by atoms with Crippen molar-refractivity contribution < 1.29 is 8.91 Å². The van der Waals surface area contributed by atoms with Crippen molar-refractivity contribution in [2.45, 2.75) is 18.8 Å². The maximum atomic E-state index is 13.0. The highest BCUT2D eigenvalue weighted by atomic mass is 19.1. The average molecular weight is 368 g/mol. The van der Waals surface area contributed by atoms with Crippen LogP contribution in [-0.2, 0) is 0 Å². The Hall–Kier alpha value is -3.03. The lowest BCUT2D eigenvalue weighted by atomic mass is 9.97. The summed E-state index contributed by atoms with van der Waals surface area (Å²) in [5, 5.41) is 12.6. The highest BCUT2D eigenvalue weighted by Gasteiger charge is 2.26. The first-order valence-corrected chi connectivity index (χ1v) is 8.96. The van der Waals surface area contributed by atoms with Crippen molar-refractivity contribution in [2.24, 2.45) is 0 Å². The lowest BCUT2D eigenvalue weighted by Gasteiger charge is -2.30. The van der Waals surface area contributed by atoms with Crippen molar-refractivity contribution in [3.63, 3.8) is 0 Å². The summed E-state index contributed by atoms with van der Waals surface area (Å²) in [7, 11) is 3.79. The standard InChI is InChI=1S/C19H21FN6O/c1-25(2)19-21-18(27-24-19)14-9-11-26(12-10-14)17-8-7-16(22-23-17)13-3-5-15(20)6-4-13/h3-8,14H,9-12H2,1-2H3. The van der Waals surface area contributed by atoms with Gasteiger partial charge in [-0.25, -0.2) is 4.39 Å². The Morgan fingerprint density at radius 1 is 1.04 bits per heavy atom. The van der Waals surface area contributed by atoms with E-state index in [0.29, 0.717) is 11.8 Å². The normalized spacial score (nSPS) is 15.1. The van der Waals surface area contributed by atoms with Gasteiger partial charge >= 0.3 is 0 Å². The van der Waals surface area contributed by atoms with Gasteiger partial charge in [0.15, 0.2) is 5.82 Å². The molecule has 3 aromatic rings. The number of hydrogen-bond acceptors (Lipinski definition) is 7. The Labute approximate surface area is 156 Å². The number of benzene rings is 1. The van der Waals surface area contributed by atoms with Crippen LogP contribution in [-0.4, -0.2) is 47.5 Å². The molecule has 0 unspecified atom stereocenters. The minimum atomic E-state index is -0.259. The second kappa shape index (κ2) is 7.30. The number of rotatable bonds is 4. The zero-order valence-corrected chi connectivity index (χ0v) is 15.3. The van der Waals surface area contributed by atoms with E-state index in [0.717, 1.165) is 43.0 Å². The molecule has 3 heterocycles. The van der Waals surface area contributed by atoms with Crippen LogP contribution in [0, 0.1) is 5.82 Å². The Kier molecular flexibility index (Phi) is 4.70. The van der Waals surface area contributed by atoms with Crippen molar-refractivity contribution in [3.8, 4) is 11.3 Å². The number of hydrogen-bond donors (Lipinski definition) is 0. The zero-order valence-electron chi connectivity index (χ0n) is 15.3. The van der Waals surface area contributed by atoms with Gasteiger partial charge in [-0.1, -0.05) is 0 Å². The maximum absolute atomic E-state index is 13.0. The van der Waals surface area contributed by atoms with Gasteiger partial charge in [0.25, 0.3) is 5.95 Å². The largest absolute Gasteiger partial charge is 0.355 e. The molecule has 1 aliphatic heterocycles. The van der Waals surface area contributed by atoms with Gasteiger partial charge < -0.3 is 14.3 Å². The quantitative estimate of drug-likeness (QED) is 0.701. The van der Waals surface area contributed by atoms with E-state index in [1.165, 1.54) is 12.1 Å². The molecule has 0 atom stereocenters. The zero-order chi connectivity index (χ0) is 18.8. The Morgan fingerprint density at radius 2 is 1.78 bits per heavy atom. The molecule has 7 nitrogen and oxygen atoms in total. The number of piperidine rings is 1. The topological polar surface area (TPSA) is 71.2 Å². The predicted octanol–water partition coefficient (Wildman–Crippen LogP) is 3.12. The van der Waals surface area contributed by atoms with Gasteiger partial charge in [-0.15, -0.1) is 10.2 Å². The van der Waals surface area contributed by atoms with Crippen LogP contribution >= 0.6 is 0 Å². The summed E-state index contributed by atoms with van der Waals surface area (Å²) in [6.45, 7) is 1.71. The van der Waals surface area contributed by atoms with Crippen LogP contribution in [0.25, 0.3) is 11.3 Å². The fourth-order valence-electron chi connectivity index (χ4n) is 3.20. The summed E-state index contributed by atoms with van der Waals surface area (Å²) in [4.78, 5) is 8.50. The summed E-state index contributed by atoms with van der Waals surface area (Å²) in [6.07, 6.45) is 1.85. The minimum absolute atomic E-state index is 0.259. The van der Waals surface area contributed by atoms with Crippen molar-refractivity contribution in [3.05, 3.63) is 48.1 Å². The Bertz CT molecular complexity index is 885. The van der Waals surface area contributed by atoms with Crippen LogP contribution in [0.1, 0.15) is 24.7 Å². The third-order valence-electron chi connectivity index (χ3n) is 4.79. The molecule has 1 fully saturated rings. The molecule has 0 N–H and O–H groups in total. The maximum Gasteiger partial charge on any atom is 0.265 e. The molecule has 0 spiro atoms. The van der Waals surface area contributed by atoms with E-state index in [9.17, 15) is 4.39 Å². The van der Waals surface area contributed by atoms with Crippen LogP contribution in [0.4, 0.5) is 16.2 Å². The molecular formula is C19H21FN6O. The molecule has 1 aliphatic rings. The van der Waals surface area contributed by atoms with E-state index < -0.39 is 0 Å². The second-order valence-electron chi connectivity index (χ2n) is 6.87. The monoisotopic (exact) mass is 368 g/mol. The molecule has 0 bridgehead atoms. The van der Waals surface area contributed by atoms with Crippen LogP contribution in [0.15, 0.2) is 40.9 Å². The van der Waals surface area contributed by atoms with Crippen LogP contribution in [0.2, 0.25) is 0 Å². The summed E-state index contributed by atoms with van der Waals surface area (Å²) >= 11 is 0. The third kappa shape index (κ3) is 3.74. The molecule has 2 aromatic heterocycles. The van der Waals surface area contributed by atoms with Gasteiger partial charge in [0.1, 0.15) is 5.82 Å². The fourth-order valence-corrected chi connectivity index (χ4v) is 3.20. The SMILES string of the molecule is CN(C)c1noc(C2CCN(c3ccc(-c4ccc(F)cc4)nn3)CC2)n1. The van der Waals surface area contributed by atoms with E-state index in [-0.39, 0.29) is 11.7 Å². The average Bonchev–Trinajstić information content (AvgIpc) is 3.20. The van der Waals surface area contributed by atoms with Gasteiger partial charge in [-0.2, -0.15) is 4.98 Å². The number of anilines is 2. The van der Waals surface area contributed by atoms with Gasteiger partial charge in [-0.3, -0.25) is 0 Å². The molecule has 0 saturated carbocycles. The molecule has 140 valence electrons. The predicted molar refractivity (Wildman–Crippen MR) is 100 cm³/mol. The van der Waals surface area contributed by atoms with E-state index in [1.54, 1.807) is 12.1 Å². The summed E-state index contributed by atoms with van der Waals surface area (Å²) in [5.74, 6) is 2.17. The highest BCUT2D eigenvalue weighted by molar-refractivity contribution is 5.59. The highest BCUT2D eigenvalue weighted by Crippen LogP contribution is 2.30. The molecule has 4 rings (SSSR count). The molecule has 0 radical (unpaired) electrons. The fraction of sp³-hybridized carbons (Fsp3) is 0.368. The second-order valence-corrected chi connectivity index (χ2v) is 6.87. The molecule has 0 aliphatic carbocycles. The number of aromatic nitrogens is 4. The van der Waals surface area contributed by atoms with E-state index in [1.807, 2.05) is 31.1 Å². The third-order valence-corrected chi connectivity index (χ3v) is 4.79. The lowest BCUT2D eigenvalue weighted by Crippen LogP contribution is -2.33. The van der Waals surface area contributed by atoms with E-state index >= 15 is 0 Å². The van der Waals surface area contributed by atoms with Crippen molar-refractivity contribution in [2.75, 3.05) is 37.0 Å². The van der Waals surface area contributed by atoms with E-state index in [4.69, 9.17) is 4.52 Å². The van der Waals surface area contributed by atoms with Crippen LogP contribution in [0.3, 0.4) is 0 Å². The Balaban J connectivity index is 1.39. The van der Waals surface area contributed by atoms with Crippen molar-refractivity contribution in [1.29, 1.82) is 0 Å². The summed E-state index contributed by atoms with van der Waals surface area (Å²) < 4.78 is 18.4. The molecule has 27 heavy (non-hydrogen) atoms. The number of nitrogens with zero attached hydrogens (tertiary/aromatic N) is 6. The first-order valence-electron chi connectivity index (χ1n) is 8.96. The van der Waals surface area contributed by atoms with Crippen LogP contribution < -0.4 is 9.80 Å². The van der Waals surface area contributed by atoms with Gasteiger partial charge in [0, 0.05) is 38.7 Å². The molecule has 0 amide bonds. The van der Waals surface area contributed by atoms with E-state index in [2.05, 4.69) is 25.2 Å². The van der Waals surface area contributed by atoms with Crippen LogP contribution in [0.5, 0.6) is 0 Å². The van der Waals surface area contributed by atoms with Gasteiger partial charge in [0.05, 0.1) is 5.69 Å². The smallest absolute Gasteiger partial charge is 0.265 e. The first-order chi connectivity index (χ1) is 13.1.